The van der Waals surface area contributed by atoms with Crippen LogP contribution in [0.15, 0.2) is 43.0 Å². The zero-order valence-corrected chi connectivity index (χ0v) is 14.1. The van der Waals surface area contributed by atoms with Gasteiger partial charge in [-0.25, -0.2) is 0 Å². The highest BCUT2D eigenvalue weighted by Crippen LogP contribution is 2.42. The average Bonchev–Trinajstić information content (AvgIpc) is 2.60. The molecule has 3 rings (SSSR count). The first kappa shape index (κ1) is 17.2. The summed E-state index contributed by atoms with van der Waals surface area (Å²) in [6.45, 7) is 5.75. The zero-order valence-electron chi connectivity index (χ0n) is 14.1. The maximum absolute atomic E-state index is 10.3. The normalized spacial score (nSPS) is 18.7. The predicted octanol–water partition coefficient (Wildman–Crippen LogP) is 2.96. The van der Waals surface area contributed by atoms with Crippen molar-refractivity contribution in [1.29, 1.82) is 0 Å². The topological polar surface area (TPSA) is 90.2 Å². The molecule has 132 valence electrons. The first-order chi connectivity index (χ1) is 11.9. The number of phenols is 3. The SMILES string of the molecule is C=C[C@](C)(CO)c1cc2c(cc1O)OC[C@@H](c1ccc(O)cc1O)C2. The molecule has 0 radical (unpaired) electrons. The maximum atomic E-state index is 10.3. The van der Waals surface area contributed by atoms with Crippen molar-refractivity contribution >= 4 is 0 Å². The lowest BCUT2D eigenvalue weighted by atomic mass is 9.80. The van der Waals surface area contributed by atoms with Gasteiger partial charge in [0.2, 0.25) is 0 Å². The van der Waals surface area contributed by atoms with Gasteiger partial charge in [-0.15, -0.1) is 6.58 Å². The number of aliphatic hydroxyl groups is 1. The van der Waals surface area contributed by atoms with Crippen LogP contribution in [0, 0.1) is 0 Å². The van der Waals surface area contributed by atoms with Gasteiger partial charge in [-0.05, 0) is 31.0 Å². The lowest BCUT2D eigenvalue weighted by Crippen LogP contribution is -2.25. The minimum atomic E-state index is -0.757. The Balaban J connectivity index is 1.98. The summed E-state index contributed by atoms with van der Waals surface area (Å²) in [6.07, 6.45) is 2.22. The van der Waals surface area contributed by atoms with E-state index in [0.29, 0.717) is 29.9 Å². The standard InChI is InChI=1S/C20H22O5/c1-3-20(2,11-21)16-7-12-6-13(10-25-19(12)9-18(16)24)15-5-4-14(22)8-17(15)23/h3-5,7-9,13,21-24H,1,6,10-11H2,2H3/t13-,20+/m0/s1. The molecule has 0 aromatic heterocycles. The van der Waals surface area contributed by atoms with Crippen molar-refractivity contribution in [1.82, 2.24) is 0 Å². The first-order valence-corrected chi connectivity index (χ1v) is 8.13. The van der Waals surface area contributed by atoms with Crippen LogP contribution in [0.2, 0.25) is 0 Å². The van der Waals surface area contributed by atoms with Crippen LogP contribution in [0.3, 0.4) is 0 Å². The van der Waals surface area contributed by atoms with E-state index in [0.717, 1.165) is 5.56 Å². The third kappa shape index (κ3) is 3.03. The molecule has 0 saturated heterocycles. The van der Waals surface area contributed by atoms with Gasteiger partial charge in [-0.1, -0.05) is 12.1 Å². The highest BCUT2D eigenvalue weighted by atomic mass is 16.5. The Morgan fingerprint density at radius 3 is 2.60 bits per heavy atom. The van der Waals surface area contributed by atoms with Crippen LogP contribution in [-0.2, 0) is 11.8 Å². The summed E-state index contributed by atoms with van der Waals surface area (Å²) in [7, 11) is 0. The van der Waals surface area contributed by atoms with E-state index < -0.39 is 5.41 Å². The number of hydrogen-bond acceptors (Lipinski definition) is 5. The lowest BCUT2D eigenvalue weighted by molar-refractivity contribution is 0.231. The van der Waals surface area contributed by atoms with Gasteiger partial charge in [-0.3, -0.25) is 0 Å². The van der Waals surface area contributed by atoms with Crippen molar-refractivity contribution in [3.8, 4) is 23.0 Å². The number of fused-ring (bicyclic) bond motifs is 1. The second-order valence-corrected chi connectivity index (χ2v) is 6.71. The first-order valence-electron chi connectivity index (χ1n) is 8.13. The summed E-state index contributed by atoms with van der Waals surface area (Å²) in [6, 6.07) is 7.93. The second-order valence-electron chi connectivity index (χ2n) is 6.71. The molecule has 2 atom stereocenters. The molecule has 0 saturated carbocycles. The minimum Gasteiger partial charge on any atom is -0.508 e. The quantitative estimate of drug-likeness (QED) is 0.642. The van der Waals surface area contributed by atoms with Gasteiger partial charge in [0.1, 0.15) is 23.0 Å². The average molecular weight is 342 g/mol. The van der Waals surface area contributed by atoms with Crippen LogP contribution in [0.5, 0.6) is 23.0 Å². The molecule has 5 heteroatoms. The van der Waals surface area contributed by atoms with Crippen molar-refractivity contribution < 1.29 is 25.2 Å². The van der Waals surface area contributed by atoms with Crippen molar-refractivity contribution in [3.63, 3.8) is 0 Å². The van der Waals surface area contributed by atoms with E-state index in [1.165, 1.54) is 12.1 Å². The van der Waals surface area contributed by atoms with Crippen molar-refractivity contribution in [2.45, 2.75) is 24.7 Å². The number of phenolic OH excluding ortho intramolecular Hbond substituents is 3. The molecule has 1 aliphatic rings. The van der Waals surface area contributed by atoms with Crippen LogP contribution in [0.4, 0.5) is 0 Å². The Labute approximate surface area is 146 Å². The van der Waals surface area contributed by atoms with E-state index in [9.17, 15) is 20.4 Å². The fourth-order valence-corrected chi connectivity index (χ4v) is 3.22. The Morgan fingerprint density at radius 2 is 1.96 bits per heavy atom. The lowest BCUT2D eigenvalue weighted by Gasteiger charge is -2.30. The number of hydrogen-bond donors (Lipinski definition) is 4. The van der Waals surface area contributed by atoms with Crippen LogP contribution < -0.4 is 4.74 Å². The summed E-state index contributed by atoms with van der Waals surface area (Å²) in [4.78, 5) is 0. The molecule has 2 aromatic carbocycles. The number of ether oxygens (including phenoxy) is 1. The fraction of sp³-hybridized carbons (Fsp3) is 0.300. The molecule has 0 fully saturated rings. The second kappa shape index (κ2) is 6.33. The summed E-state index contributed by atoms with van der Waals surface area (Å²) in [5.41, 5.74) is 1.42. The molecule has 4 N–H and O–H groups in total. The maximum Gasteiger partial charge on any atom is 0.126 e. The molecule has 0 aliphatic carbocycles. The monoisotopic (exact) mass is 342 g/mol. The van der Waals surface area contributed by atoms with Crippen molar-refractivity contribution in [2.24, 2.45) is 0 Å². The molecule has 1 aliphatic heterocycles. The molecule has 0 spiro atoms. The van der Waals surface area contributed by atoms with Gasteiger partial charge in [0.05, 0.1) is 13.2 Å². The van der Waals surface area contributed by atoms with Gasteiger partial charge in [0, 0.05) is 34.6 Å². The summed E-state index contributed by atoms with van der Waals surface area (Å²) < 4.78 is 5.77. The molecule has 1 heterocycles. The van der Waals surface area contributed by atoms with E-state index in [-0.39, 0.29) is 29.8 Å². The van der Waals surface area contributed by atoms with E-state index in [1.54, 1.807) is 25.1 Å². The van der Waals surface area contributed by atoms with E-state index in [1.807, 2.05) is 6.07 Å². The molecule has 0 amide bonds. The van der Waals surface area contributed by atoms with Gasteiger partial charge < -0.3 is 25.2 Å². The Kier molecular flexibility index (Phi) is 4.35. The fourth-order valence-electron chi connectivity index (χ4n) is 3.22. The zero-order chi connectivity index (χ0) is 18.2. The Morgan fingerprint density at radius 1 is 1.20 bits per heavy atom. The number of rotatable bonds is 4. The van der Waals surface area contributed by atoms with Crippen molar-refractivity contribution in [3.05, 3.63) is 59.7 Å². The third-order valence-electron chi connectivity index (χ3n) is 4.93. The van der Waals surface area contributed by atoms with E-state index in [2.05, 4.69) is 6.58 Å². The van der Waals surface area contributed by atoms with Gasteiger partial charge >= 0.3 is 0 Å². The smallest absolute Gasteiger partial charge is 0.126 e. The Hall–Kier alpha value is -2.66. The van der Waals surface area contributed by atoms with E-state index >= 15 is 0 Å². The molecule has 2 aromatic rings. The number of aromatic hydroxyl groups is 3. The van der Waals surface area contributed by atoms with Crippen LogP contribution in [0.1, 0.15) is 29.5 Å². The predicted molar refractivity (Wildman–Crippen MR) is 94.5 cm³/mol. The third-order valence-corrected chi connectivity index (χ3v) is 4.93. The molecular weight excluding hydrogens is 320 g/mol. The van der Waals surface area contributed by atoms with Gasteiger partial charge in [0.25, 0.3) is 0 Å². The van der Waals surface area contributed by atoms with Crippen LogP contribution in [0.25, 0.3) is 0 Å². The number of aliphatic hydroxyl groups excluding tert-OH is 1. The van der Waals surface area contributed by atoms with Crippen LogP contribution >= 0.6 is 0 Å². The molecular formula is C20H22O5. The Bertz CT molecular complexity index is 814. The number of benzene rings is 2. The largest absolute Gasteiger partial charge is 0.508 e. The molecule has 0 unspecified atom stereocenters. The molecule has 25 heavy (non-hydrogen) atoms. The minimum absolute atomic E-state index is 0.00952. The summed E-state index contributed by atoms with van der Waals surface area (Å²) in [5, 5.41) is 39.6. The van der Waals surface area contributed by atoms with Gasteiger partial charge in [0.15, 0.2) is 0 Å². The summed E-state index contributed by atoms with van der Waals surface area (Å²) >= 11 is 0. The highest BCUT2D eigenvalue weighted by molar-refractivity contribution is 5.52. The van der Waals surface area contributed by atoms with Crippen molar-refractivity contribution in [2.75, 3.05) is 13.2 Å². The summed E-state index contributed by atoms with van der Waals surface area (Å²) in [5.74, 6) is 0.619. The van der Waals surface area contributed by atoms with Crippen LogP contribution in [-0.4, -0.2) is 33.6 Å². The highest BCUT2D eigenvalue weighted by Gasteiger charge is 2.30. The van der Waals surface area contributed by atoms with E-state index in [4.69, 9.17) is 4.74 Å². The van der Waals surface area contributed by atoms with Gasteiger partial charge in [-0.2, -0.15) is 0 Å². The molecule has 5 nitrogen and oxygen atoms in total. The molecule has 0 bridgehead atoms.